The fourth-order valence-electron chi connectivity index (χ4n) is 4.25. The highest BCUT2D eigenvalue weighted by Crippen LogP contribution is 2.27. The van der Waals surface area contributed by atoms with Gasteiger partial charge in [-0.05, 0) is 73.6 Å². The Kier molecular flexibility index (Phi) is 7.44. The van der Waals surface area contributed by atoms with E-state index >= 15 is 0 Å². The molecule has 0 unspecified atom stereocenters. The Hall–Kier alpha value is -3.03. The van der Waals surface area contributed by atoms with Gasteiger partial charge in [-0.2, -0.15) is 4.31 Å². The first-order chi connectivity index (χ1) is 16.3. The third-order valence-electron chi connectivity index (χ3n) is 6.38. The third kappa shape index (κ3) is 5.72. The maximum absolute atomic E-state index is 13.7. The minimum atomic E-state index is -3.56. The van der Waals surface area contributed by atoms with Crippen molar-refractivity contribution in [1.82, 2.24) is 4.31 Å². The van der Waals surface area contributed by atoms with E-state index in [0.29, 0.717) is 35.8 Å². The van der Waals surface area contributed by atoms with Crippen LogP contribution in [0.2, 0.25) is 0 Å². The Balaban J connectivity index is 1.32. The zero-order valence-electron chi connectivity index (χ0n) is 19.2. The predicted molar refractivity (Wildman–Crippen MR) is 132 cm³/mol. The van der Waals surface area contributed by atoms with Crippen molar-refractivity contribution in [2.24, 2.45) is 5.92 Å². The predicted octanol–water partition coefficient (Wildman–Crippen LogP) is 5.07. The van der Waals surface area contributed by atoms with Crippen molar-refractivity contribution in [2.75, 3.05) is 25.0 Å². The molecule has 0 radical (unpaired) electrons. The van der Waals surface area contributed by atoms with E-state index in [2.05, 4.69) is 17.4 Å². The van der Waals surface area contributed by atoms with Crippen LogP contribution in [0.5, 0.6) is 0 Å². The van der Waals surface area contributed by atoms with Crippen LogP contribution in [0.4, 0.5) is 10.1 Å². The molecule has 1 N–H and O–H groups in total. The highest BCUT2D eigenvalue weighted by molar-refractivity contribution is 7.89. The number of halogens is 1. The standard InChI is InChI=1S/C27H29FN2O3S/c1-20-7-8-23(18-26(20)28)27(31)19-29-24-9-11-25(12-10-24)34(32,33)30-15-13-22(14-16-30)17-21-5-3-2-4-6-21/h2-12,18,22,29H,13-17,19H2,1H3. The second-order valence-electron chi connectivity index (χ2n) is 8.80. The molecule has 1 fully saturated rings. The number of nitrogens with one attached hydrogen (secondary N) is 1. The lowest BCUT2D eigenvalue weighted by atomic mass is 9.91. The van der Waals surface area contributed by atoms with Crippen molar-refractivity contribution in [3.8, 4) is 0 Å². The van der Waals surface area contributed by atoms with Gasteiger partial charge in [0.25, 0.3) is 0 Å². The first-order valence-electron chi connectivity index (χ1n) is 11.5. The number of hydrogen-bond acceptors (Lipinski definition) is 4. The average Bonchev–Trinajstić information content (AvgIpc) is 2.85. The number of anilines is 1. The lowest BCUT2D eigenvalue weighted by Gasteiger charge is -2.31. The van der Waals surface area contributed by atoms with Crippen molar-refractivity contribution >= 4 is 21.5 Å². The molecule has 5 nitrogen and oxygen atoms in total. The molecule has 7 heteroatoms. The third-order valence-corrected chi connectivity index (χ3v) is 8.29. The summed E-state index contributed by atoms with van der Waals surface area (Å²) >= 11 is 0. The Morgan fingerprint density at radius 1 is 1.00 bits per heavy atom. The van der Waals surface area contributed by atoms with Gasteiger partial charge in [0.05, 0.1) is 11.4 Å². The summed E-state index contributed by atoms with van der Waals surface area (Å²) in [5, 5.41) is 2.98. The second-order valence-corrected chi connectivity index (χ2v) is 10.7. The van der Waals surface area contributed by atoms with E-state index in [1.165, 1.54) is 11.6 Å². The molecule has 1 aliphatic heterocycles. The molecule has 0 aromatic heterocycles. The molecule has 0 saturated carbocycles. The van der Waals surface area contributed by atoms with Crippen LogP contribution in [0.1, 0.15) is 34.3 Å². The van der Waals surface area contributed by atoms with Crippen molar-refractivity contribution < 1.29 is 17.6 Å². The number of carbonyl (C=O) groups is 1. The molecule has 0 amide bonds. The SMILES string of the molecule is Cc1ccc(C(=O)CNc2ccc(S(=O)(=O)N3CCC(Cc4ccccc4)CC3)cc2)cc1F. The number of benzene rings is 3. The summed E-state index contributed by atoms with van der Waals surface area (Å²) in [7, 11) is -3.56. The largest absolute Gasteiger partial charge is 0.378 e. The minimum Gasteiger partial charge on any atom is -0.378 e. The molecule has 0 bridgehead atoms. The van der Waals surface area contributed by atoms with E-state index in [4.69, 9.17) is 0 Å². The summed E-state index contributed by atoms with van der Waals surface area (Å²) in [5.74, 6) is -0.168. The van der Waals surface area contributed by atoms with E-state index in [1.54, 1.807) is 47.6 Å². The summed E-state index contributed by atoms with van der Waals surface area (Å²) < 4.78 is 41.4. The number of aryl methyl sites for hydroxylation is 1. The van der Waals surface area contributed by atoms with E-state index < -0.39 is 15.8 Å². The maximum Gasteiger partial charge on any atom is 0.243 e. The number of sulfonamides is 1. The fraction of sp³-hybridized carbons (Fsp3) is 0.296. The van der Waals surface area contributed by atoms with Gasteiger partial charge >= 0.3 is 0 Å². The van der Waals surface area contributed by atoms with E-state index in [9.17, 15) is 17.6 Å². The molecule has 0 atom stereocenters. The summed E-state index contributed by atoms with van der Waals surface area (Å²) in [6.07, 6.45) is 2.66. The number of rotatable bonds is 8. The Labute approximate surface area is 200 Å². The van der Waals surface area contributed by atoms with E-state index in [1.807, 2.05) is 18.2 Å². The maximum atomic E-state index is 13.7. The Morgan fingerprint density at radius 3 is 2.32 bits per heavy atom. The summed E-state index contributed by atoms with van der Waals surface area (Å²) in [6.45, 7) is 2.66. The zero-order chi connectivity index (χ0) is 24.1. The molecule has 0 spiro atoms. The molecule has 4 rings (SSSR count). The average molecular weight is 481 g/mol. The molecule has 1 heterocycles. The Bertz CT molecular complexity index is 1240. The number of piperidine rings is 1. The van der Waals surface area contributed by atoms with Gasteiger partial charge in [-0.1, -0.05) is 42.5 Å². The van der Waals surface area contributed by atoms with Gasteiger partial charge in [0.1, 0.15) is 5.82 Å². The molecule has 3 aromatic carbocycles. The highest BCUT2D eigenvalue weighted by Gasteiger charge is 2.29. The number of nitrogens with zero attached hydrogens (tertiary/aromatic N) is 1. The second kappa shape index (κ2) is 10.5. The first-order valence-corrected chi connectivity index (χ1v) is 12.9. The molecular weight excluding hydrogens is 451 g/mol. The van der Waals surface area contributed by atoms with Gasteiger partial charge in [-0.15, -0.1) is 0 Å². The first kappa shape index (κ1) is 24.1. The molecular formula is C27H29FN2O3S. The van der Waals surface area contributed by atoms with Crippen molar-refractivity contribution in [3.05, 3.63) is 95.3 Å². The van der Waals surface area contributed by atoms with Crippen LogP contribution in [0.25, 0.3) is 0 Å². The van der Waals surface area contributed by atoms with Gasteiger partial charge in [-0.25, -0.2) is 12.8 Å². The smallest absolute Gasteiger partial charge is 0.243 e. The van der Waals surface area contributed by atoms with Crippen molar-refractivity contribution in [1.29, 1.82) is 0 Å². The summed E-state index contributed by atoms with van der Waals surface area (Å²) in [6, 6.07) is 21.1. The van der Waals surface area contributed by atoms with Crippen LogP contribution >= 0.6 is 0 Å². The number of carbonyl (C=O) groups excluding carboxylic acids is 1. The Morgan fingerprint density at radius 2 is 1.68 bits per heavy atom. The van der Waals surface area contributed by atoms with Crippen molar-refractivity contribution in [3.63, 3.8) is 0 Å². The lowest BCUT2D eigenvalue weighted by Crippen LogP contribution is -2.38. The monoisotopic (exact) mass is 480 g/mol. The summed E-state index contributed by atoms with van der Waals surface area (Å²) in [4.78, 5) is 12.6. The molecule has 1 aliphatic rings. The van der Waals surface area contributed by atoms with Crippen LogP contribution in [-0.2, 0) is 16.4 Å². The fourth-order valence-corrected chi connectivity index (χ4v) is 5.72. The quantitative estimate of drug-likeness (QED) is 0.457. The van der Waals surface area contributed by atoms with Crippen LogP contribution < -0.4 is 5.32 Å². The normalized spacial score (nSPS) is 15.2. The highest BCUT2D eigenvalue weighted by atomic mass is 32.2. The lowest BCUT2D eigenvalue weighted by molar-refractivity contribution is 0.101. The van der Waals surface area contributed by atoms with Crippen LogP contribution in [-0.4, -0.2) is 38.1 Å². The number of Topliss-reactive ketones (excluding diaryl/α,β-unsaturated/α-hetero) is 1. The van der Waals surface area contributed by atoms with Gasteiger partial charge in [-0.3, -0.25) is 4.79 Å². The van der Waals surface area contributed by atoms with Crippen molar-refractivity contribution in [2.45, 2.75) is 31.1 Å². The minimum absolute atomic E-state index is 0.0104. The molecule has 0 aliphatic carbocycles. The van der Waals surface area contributed by atoms with Gasteiger partial charge in [0.15, 0.2) is 5.78 Å². The number of ketones is 1. The van der Waals surface area contributed by atoms with Crippen LogP contribution in [0, 0.1) is 18.7 Å². The number of hydrogen-bond donors (Lipinski definition) is 1. The molecule has 34 heavy (non-hydrogen) atoms. The van der Waals surface area contributed by atoms with E-state index in [0.717, 1.165) is 19.3 Å². The molecule has 178 valence electrons. The topological polar surface area (TPSA) is 66.5 Å². The van der Waals surface area contributed by atoms with Gasteiger partial charge < -0.3 is 5.32 Å². The van der Waals surface area contributed by atoms with Gasteiger partial charge in [0.2, 0.25) is 10.0 Å². The molecule has 3 aromatic rings. The summed E-state index contributed by atoms with van der Waals surface area (Å²) in [5.41, 5.74) is 2.70. The zero-order valence-corrected chi connectivity index (χ0v) is 20.0. The van der Waals surface area contributed by atoms with Crippen LogP contribution in [0.3, 0.4) is 0 Å². The van der Waals surface area contributed by atoms with E-state index in [-0.39, 0.29) is 17.2 Å². The van der Waals surface area contributed by atoms with Crippen LogP contribution in [0.15, 0.2) is 77.7 Å². The molecule has 1 saturated heterocycles. The van der Waals surface area contributed by atoms with Gasteiger partial charge in [0, 0.05) is 24.3 Å².